The number of rotatable bonds is 5. The molecule has 1 aromatic carbocycles. The number of carbonyl (C=O) groups is 1. The Kier molecular flexibility index (Phi) is 5.60. The number of hydrogen-bond acceptors (Lipinski definition) is 6. The maximum Gasteiger partial charge on any atom is 0.364 e. The summed E-state index contributed by atoms with van der Waals surface area (Å²) in [5.41, 5.74) is -1.36. The molecule has 10 heteroatoms. The fourth-order valence-corrected chi connectivity index (χ4v) is 2.35. The summed E-state index contributed by atoms with van der Waals surface area (Å²) >= 11 is 1.05. The van der Waals surface area contributed by atoms with Crippen LogP contribution in [0.4, 0.5) is 13.2 Å². The number of benzene rings is 1. The third-order valence-corrected chi connectivity index (χ3v) is 3.54. The Morgan fingerprint density at radius 2 is 1.92 bits per heavy atom. The van der Waals surface area contributed by atoms with E-state index < -0.39 is 34.7 Å². The van der Waals surface area contributed by atoms with Crippen molar-refractivity contribution in [2.75, 3.05) is 12.9 Å². The second-order valence-electron chi connectivity index (χ2n) is 4.50. The van der Waals surface area contributed by atoms with E-state index in [1.807, 2.05) is 0 Å². The Balaban J connectivity index is 2.47. The van der Waals surface area contributed by atoms with Gasteiger partial charge in [0, 0.05) is 0 Å². The summed E-state index contributed by atoms with van der Waals surface area (Å²) in [5.74, 6) is -5.24. The van der Waals surface area contributed by atoms with Gasteiger partial charge in [-0.3, -0.25) is 4.79 Å². The number of hydrogen-bond donors (Lipinski definition) is 0. The van der Waals surface area contributed by atoms with Gasteiger partial charge in [-0.25, -0.2) is 22.6 Å². The van der Waals surface area contributed by atoms with Gasteiger partial charge in [0.05, 0.1) is 13.2 Å². The SMILES string of the molecule is CCOC(=O)c1nn(Cc2cc(F)c(F)c(F)c2)c(SC)nc1=O. The molecule has 0 saturated carbocycles. The second kappa shape index (κ2) is 7.47. The van der Waals surface area contributed by atoms with Gasteiger partial charge in [-0.2, -0.15) is 10.1 Å². The summed E-state index contributed by atoms with van der Waals surface area (Å²) in [4.78, 5) is 27.2. The molecule has 0 N–H and O–H groups in total. The molecule has 128 valence electrons. The van der Waals surface area contributed by atoms with E-state index >= 15 is 0 Å². The molecule has 0 unspecified atom stereocenters. The van der Waals surface area contributed by atoms with Gasteiger partial charge in [-0.15, -0.1) is 0 Å². The third-order valence-electron chi connectivity index (χ3n) is 2.87. The average molecular weight is 359 g/mol. The molecule has 0 fully saturated rings. The zero-order chi connectivity index (χ0) is 17.9. The summed E-state index contributed by atoms with van der Waals surface area (Å²) in [6.45, 7) is 1.38. The van der Waals surface area contributed by atoms with E-state index in [2.05, 4.69) is 10.1 Å². The molecule has 0 atom stereocenters. The van der Waals surface area contributed by atoms with Crippen molar-refractivity contribution in [2.45, 2.75) is 18.6 Å². The van der Waals surface area contributed by atoms with E-state index in [9.17, 15) is 22.8 Å². The van der Waals surface area contributed by atoms with Gasteiger partial charge in [0.2, 0.25) is 5.69 Å². The molecule has 0 radical (unpaired) electrons. The zero-order valence-electron chi connectivity index (χ0n) is 12.7. The van der Waals surface area contributed by atoms with Gasteiger partial charge in [0.25, 0.3) is 0 Å². The van der Waals surface area contributed by atoms with E-state index in [-0.39, 0.29) is 23.9 Å². The van der Waals surface area contributed by atoms with Crippen LogP contribution < -0.4 is 5.56 Å². The molecule has 0 aliphatic carbocycles. The van der Waals surface area contributed by atoms with Crippen molar-refractivity contribution in [3.05, 3.63) is 51.2 Å². The molecule has 0 bridgehead atoms. The van der Waals surface area contributed by atoms with E-state index in [0.717, 1.165) is 28.6 Å². The lowest BCUT2D eigenvalue weighted by molar-refractivity contribution is 0.0512. The minimum absolute atomic E-state index is 0.0403. The molecule has 24 heavy (non-hydrogen) atoms. The van der Waals surface area contributed by atoms with Crippen LogP contribution in [0.15, 0.2) is 22.1 Å². The predicted octanol–water partition coefficient (Wildman–Crippen LogP) is 2.00. The fourth-order valence-electron chi connectivity index (χ4n) is 1.86. The Labute approximate surface area is 138 Å². The number of esters is 1. The zero-order valence-corrected chi connectivity index (χ0v) is 13.5. The average Bonchev–Trinajstić information content (AvgIpc) is 2.53. The number of carbonyl (C=O) groups excluding carboxylic acids is 1. The molecule has 0 saturated heterocycles. The number of thioether (sulfide) groups is 1. The van der Waals surface area contributed by atoms with Crippen LogP contribution in [0.5, 0.6) is 0 Å². The first-order valence-corrected chi connectivity index (χ1v) is 7.93. The van der Waals surface area contributed by atoms with Crippen molar-refractivity contribution in [1.82, 2.24) is 14.8 Å². The standard InChI is InChI=1S/C14H12F3N3O3S/c1-3-23-13(22)11-12(21)18-14(24-2)20(19-11)6-7-4-8(15)10(17)9(16)5-7/h4-5H,3,6H2,1-2H3. The van der Waals surface area contributed by atoms with Crippen LogP contribution in [0.2, 0.25) is 0 Å². The topological polar surface area (TPSA) is 74.1 Å². The summed E-state index contributed by atoms with van der Waals surface area (Å²) in [6.07, 6.45) is 1.61. The predicted molar refractivity (Wildman–Crippen MR) is 79.4 cm³/mol. The van der Waals surface area contributed by atoms with Gasteiger partial charge in [0.15, 0.2) is 22.6 Å². The number of ether oxygens (including phenoxy) is 1. The van der Waals surface area contributed by atoms with E-state index in [4.69, 9.17) is 4.74 Å². The Hall–Kier alpha value is -2.36. The molecule has 2 rings (SSSR count). The van der Waals surface area contributed by atoms with Crippen LogP contribution in [-0.2, 0) is 11.3 Å². The minimum atomic E-state index is -1.58. The molecule has 1 aromatic heterocycles. The quantitative estimate of drug-likeness (QED) is 0.462. The lowest BCUT2D eigenvalue weighted by Crippen LogP contribution is -2.28. The summed E-state index contributed by atoms with van der Waals surface area (Å²) in [5, 5.41) is 3.97. The molecule has 1 heterocycles. The van der Waals surface area contributed by atoms with E-state index in [0.29, 0.717) is 0 Å². The Morgan fingerprint density at radius 3 is 2.46 bits per heavy atom. The molecule has 0 amide bonds. The number of nitrogens with zero attached hydrogens (tertiary/aromatic N) is 3. The van der Waals surface area contributed by atoms with Gasteiger partial charge in [0.1, 0.15) is 0 Å². The van der Waals surface area contributed by atoms with Gasteiger partial charge in [-0.1, -0.05) is 11.8 Å². The van der Waals surface area contributed by atoms with Crippen LogP contribution >= 0.6 is 11.8 Å². The monoisotopic (exact) mass is 359 g/mol. The highest BCUT2D eigenvalue weighted by Crippen LogP contribution is 2.16. The normalized spacial score (nSPS) is 10.7. The van der Waals surface area contributed by atoms with Gasteiger partial charge < -0.3 is 4.74 Å². The smallest absolute Gasteiger partial charge is 0.364 e. The number of halogens is 3. The van der Waals surface area contributed by atoms with Crippen LogP contribution in [0, 0.1) is 17.5 Å². The van der Waals surface area contributed by atoms with Crippen LogP contribution in [0.1, 0.15) is 23.0 Å². The highest BCUT2D eigenvalue weighted by Gasteiger charge is 2.19. The maximum atomic E-state index is 13.3. The maximum absolute atomic E-state index is 13.3. The van der Waals surface area contributed by atoms with Crippen molar-refractivity contribution in [3.63, 3.8) is 0 Å². The second-order valence-corrected chi connectivity index (χ2v) is 5.28. The number of aromatic nitrogens is 3. The first-order valence-electron chi connectivity index (χ1n) is 6.71. The van der Waals surface area contributed by atoms with E-state index in [1.165, 1.54) is 0 Å². The summed E-state index contributed by atoms with van der Waals surface area (Å²) < 4.78 is 45.5. The molecular formula is C14H12F3N3O3S. The Bertz CT molecular complexity index is 819. The lowest BCUT2D eigenvalue weighted by atomic mass is 10.2. The van der Waals surface area contributed by atoms with Crippen molar-refractivity contribution in [1.29, 1.82) is 0 Å². The summed E-state index contributed by atoms with van der Waals surface area (Å²) in [6, 6.07) is 1.60. The van der Waals surface area contributed by atoms with Gasteiger partial charge in [-0.05, 0) is 30.9 Å². The van der Waals surface area contributed by atoms with E-state index in [1.54, 1.807) is 13.2 Å². The van der Waals surface area contributed by atoms with Crippen molar-refractivity contribution >= 4 is 17.7 Å². The lowest BCUT2D eigenvalue weighted by Gasteiger charge is -2.11. The summed E-state index contributed by atoms with van der Waals surface area (Å²) in [7, 11) is 0. The highest BCUT2D eigenvalue weighted by atomic mass is 32.2. The minimum Gasteiger partial charge on any atom is -0.461 e. The van der Waals surface area contributed by atoms with Crippen molar-refractivity contribution in [2.24, 2.45) is 0 Å². The first kappa shape index (κ1) is 18.0. The van der Waals surface area contributed by atoms with Crippen molar-refractivity contribution in [3.8, 4) is 0 Å². The van der Waals surface area contributed by atoms with Crippen LogP contribution in [-0.4, -0.2) is 33.6 Å². The molecule has 0 aliphatic rings. The first-order chi connectivity index (χ1) is 11.4. The van der Waals surface area contributed by atoms with Crippen LogP contribution in [0.25, 0.3) is 0 Å². The fraction of sp³-hybridized carbons (Fsp3) is 0.286. The molecule has 2 aromatic rings. The van der Waals surface area contributed by atoms with Crippen LogP contribution in [0.3, 0.4) is 0 Å². The van der Waals surface area contributed by atoms with Gasteiger partial charge >= 0.3 is 11.5 Å². The highest BCUT2D eigenvalue weighted by molar-refractivity contribution is 7.98. The molecule has 0 spiro atoms. The molecule has 6 nitrogen and oxygen atoms in total. The Morgan fingerprint density at radius 1 is 1.29 bits per heavy atom. The largest absolute Gasteiger partial charge is 0.461 e. The third kappa shape index (κ3) is 3.75. The molecular weight excluding hydrogens is 347 g/mol. The van der Waals surface area contributed by atoms with Crippen molar-refractivity contribution < 1.29 is 22.7 Å². The molecule has 0 aliphatic heterocycles.